The van der Waals surface area contributed by atoms with Crippen LogP contribution in [0, 0.1) is 0 Å². The highest BCUT2D eigenvalue weighted by Crippen LogP contribution is 2.35. The molecule has 242 valence electrons. The zero-order valence-corrected chi connectivity index (χ0v) is 28.4. The van der Waals surface area contributed by atoms with E-state index in [-0.39, 0.29) is 39.5 Å². The van der Waals surface area contributed by atoms with Gasteiger partial charge in [-0.25, -0.2) is 8.42 Å². The molecule has 0 unspecified atom stereocenters. The molecule has 0 bridgehead atoms. The third-order valence-corrected chi connectivity index (χ3v) is 9.65. The van der Waals surface area contributed by atoms with Crippen LogP contribution in [-0.2, 0) is 32.6 Å². The van der Waals surface area contributed by atoms with Crippen LogP contribution in [0.1, 0.15) is 31.9 Å². The molecular formula is C35H37Cl2N3O5S. The highest BCUT2D eigenvalue weighted by molar-refractivity contribution is 7.92. The molecule has 0 saturated carbocycles. The Morgan fingerprint density at radius 3 is 2.09 bits per heavy atom. The minimum atomic E-state index is -4.32. The lowest BCUT2D eigenvalue weighted by Crippen LogP contribution is -2.56. The van der Waals surface area contributed by atoms with Crippen molar-refractivity contribution < 1.29 is 22.7 Å². The third kappa shape index (κ3) is 8.81. The van der Waals surface area contributed by atoms with E-state index in [0.717, 1.165) is 9.87 Å². The minimum Gasteiger partial charge on any atom is -0.497 e. The van der Waals surface area contributed by atoms with Gasteiger partial charge >= 0.3 is 0 Å². The molecule has 46 heavy (non-hydrogen) atoms. The maximum atomic E-state index is 14.6. The van der Waals surface area contributed by atoms with Crippen molar-refractivity contribution in [1.29, 1.82) is 0 Å². The summed E-state index contributed by atoms with van der Waals surface area (Å²) in [5, 5.41) is 3.11. The number of anilines is 1. The molecule has 2 amide bonds. The summed E-state index contributed by atoms with van der Waals surface area (Å²) in [4.78, 5) is 30.0. The molecule has 4 aromatic carbocycles. The summed E-state index contributed by atoms with van der Waals surface area (Å²) < 4.78 is 34.6. The van der Waals surface area contributed by atoms with Crippen molar-refractivity contribution in [3.05, 3.63) is 124 Å². The Labute approximate surface area is 280 Å². The van der Waals surface area contributed by atoms with E-state index in [1.807, 2.05) is 57.2 Å². The first-order valence-electron chi connectivity index (χ1n) is 14.6. The van der Waals surface area contributed by atoms with Gasteiger partial charge in [-0.2, -0.15) is 0 Å². The Morgan fingerprint density at radius 1 is 0.848 bits per heavy atom. The lowest BCUT2D eigenvalue weighted by atomic mass is 10.0. The first kappa shape index (κ1) is 34.8. The van der Waals surface area contributed by atoms with Gasteiger partial charge in [0.25, 0.3) is 10.0 Å². The first-order chi connectivity index (χ1) is 21.8. The van der Waals surface area contributed by atoms with Crippen molar-refractivity contribution in [1.82, 2.24) is 10.2 Å². The number of hydrogen-bond donors (Lipinski definition) is 1. The number of amides is 2. The van der Waals surface area contributed by atoms with Crippen LogP contribution >= 0.6 is 23.2 Å². The van der Waals surface area contributed by atoms with E-state index >= 15 is 0 Å². The van der Waals surface area contributed by atoms with E-state index < -0.39 is 34.1 Å². The van der Waals surface area contributed by atoms with E-state index in [1.165, 1.54) is 36.3 Å². The first-order valence-corrected chi connectivity index (χ1v) is 16.8. The summed E-state index contributed by atoms with van der Waals surface area (Å²) in [6.07, 6.45) is 0.182. The molecule has 0 fully saturated rings. The lowest BCUT2D eigenvalue weighted by molar-refractivity contribution is -0.140. The zero-order valence-electron chi connectivity index (χ0n) is 26.1. The van der Waals surface area contributed by atoms with Gasteiger partial charge < -0.3 is 15.0 Å². The fraction of sp³-hybridized carbons (Fsp3) is 0.257. The minimum absolute atomic E-state index is 0.00635. The van der Waals surface area contributed by atoms with Gasteiger partial charge in [-0.1, -0.05) is 89.9 Å². The number of ether oxygens (including phenoxy) is 1. The van der Waals surface area contributed by atoms with Crippen LogP contribution in [0.15, 0.2) is 108 Å². The predicted octanol–water partition coefficient (Wildman–Crippen LogP) is 6.75. The number of methoxy groups -OCH3 is 1. The molecule has 8 nitrogen and oxygen atoms in total. The van der Waals surface area contributed by atoms with E-state index in [2.05, 4.69) is 5.32 Å². The SMILES string of the molecule is COc1cccc(CN(C(=O)CN(c2cccc(Cl)c2Cl)S(=O)(=O)c2ccccc2)[C@@H](Cc2ccccc2)C(=O)NC(C)(C)C)c1. The fourth-order valence-corrected chi connectivity index (χ4v) is 6.79. The number of halogens is 2. The third-order valence-electron chi connectivity index (χ3n) is 7.07. The summed E-state index contributed by atoms with van der Waals surface area (Å²) in [5.41, 5.74) is 0.943. The van der Waals surface area contributed by atoms with Gasteiger partial charge in [-0.15, -0.1) is 0 Å². The molecular weight excluding hydrogens is 645 g/mol. The Kier molecular flexibility index (Phi) is 11.4. The fourth-order valence-electron chi connectivity index (χ4n) is 4.89. The van der Waals surface area contributed by atoms with E-state index in [4.69, 9.17) is 27.9 Å². The van der Waals surface area contributed by atoms with Crippen LogP contribution in [-0.4, -0.2) is 50.4 Å². The summed E-state index contributed by atoms with van der Waals surface area (Å²) in [7, 11) is -2.78. The molecule has 0 aliphatic heterocycles. The van der Waals surface area contributed by atoms with Crippen LogP contribution in [0.3, 0.4) is 0 Å². The molecule has 0 aromatic heterocycles. The Balaban J connectivity index is 1.85. The number of carbonyl (C=O) groups is 2. The molecule has 0 radical (unpaired) electrons. The molecule has 0 saturated heterocycles. The molecule has 11 heteroatoms. The average Bonchev–Trinajstić information content (AvgIpc) is 3.03. The van der Waals surface area contributed by atoms with Crippen molar-refractivity contribution in [2.24, 2.45) is 0 Å². The zero-order chi connectivity index (χ0) is 33.5. The predicted molar refractivity (Wildman–Crippen MR) is 183 cm³/mol. The van der Waals surface area contributed by atoms with Crippen LogP contribution in [0.4, 0.5) is 5.69 Å². The maximum Gasteiger partial charge on any atom is 0.264 e. The molecule has 4 aromatic rings. The van der Waals surface area contributed by atoms with Crippen molar-refractivity contribution >= 4 is 50.7 Å². The Hall–Kier alpha value is -4.05. The summed E-state index contributed by atoms with van der Waals surface area (Å²) >= 11 is 12.9. The maximum absolute atomic E-state index is 14.6. The van der Waals surface area contributed by atoms with Crippen LogP contribution in [0.25, 0.3) is 0 Å². The molecule has 0 aliphatic carbocycles. The van der Waals surface area contributed by atoms with Crippen molar-refractivity contribution in [3.8, 4) is 5.75 Å². The monoisotopic (exact) mass is 681 g/mol. The highest BCUT2D eigenvalue weighted by atomic mass is 35.5. The van der Waals surface area contributed by atoms with Crippen LogP contribution in [0.2, 0.25) is 10.0 Å². The normalized spacial score (nSPS) is 12.2. The van der Waals surface area contributed by atoms with Gasteiger partial charge in [0.05, 0.1) is 27.7 Å². The van der Waals surface area contributed by atoms with E-state index in [0.29, 0.717) is 11.3 Å². The smallest absolute Gasteiger partial charge is 0.264 e. The van der Waals surface area contributed by atoms with Gasteiger partial charge in [0.1, 0.15) is 18.3 Å². The Bertz CT molecular complexity index is 1760. The topological polar surface area (TPSA) is 96.0 Å². The quantitative estimate of drug-likeness (QED) is 0.178. The van der Waals surface area contributed by atoms with Gasteiger partial charge in [-0.05, 0) is 68.3 Å². The second kappa shape index (κ2) is 15.0. The number of hydrogen-bond acceptors (Lipinski definition) is 5. The van der Waals surface area contributed by atoms with Gasteiger partial charge in [0, 0.05) is 18.5 Å². The molecule has 0 heterocycles. The molecule has 0 spiro atoms. The Morgan fingerprint density at radius 2 is 1.46 bits per heavy atom. The molecule has 0 aliphatic rings. The highest BCUT2D eigenvalue weighted by Gasteiger charge is 2.36. The standard InChI is InChI=1S/C35H37Cl2N3O5S/c1-35(2,3)38-34(42)31(22-25-13-7-5-8-14-25)39(23-26-15-11-16-27(21-26)45-4)32(41)24-40(30-20-12-19-29(36)33(30)37)46(43,44)28-17-9-6-10-18-28/h5-21,31H,22-24H2,1-4H3,(H,38,42)/t31-/m0/s1. The second-order valence-corrected chi connectivity index (χ2v) is 14.4. The number of nitrogens with one attached hydrogen (secondary N) is 1. The number of nitrogens with zero attached hydrogens (tertiary/aromatic N) is 2. The molecule has 1 atom stereocenters. The van der Waals surface area contributed by atoms with Gasteiger partial charge in [0.2, 0.25) is 11.8 Å². The average molecular weight is 683 g/mol. The lowest BCUT2D eigenvalue weighted by Gasteiger charge is -2.35. The number of benzene rings is 4. The number of sulfonamides is 1. The molecule has 4 rings (SSSR count). The van der Waals surface area contributed by atoms with E-state index in [9.17, 15) is 18.0 Å². The second-order valence-electron chi connectivity index (χ2n) is 11.7. The van der Waals surface area contributed by atoms with Gasteiger partial charge in [0.15, 0.2) is 0 Å². The van der Waals surface area contributed by atoms with E-state index in [1.54, 1.807) is 42.5 Å². The van der Waals surface area contributed by atoms with Gasteiger partial charge in [-0.3, -0.25) is 13.9 Å². The molecule has 1 N–H and O–H groups in total. The number of rotatable bonds is 12. The summed E-state index contributed by atoms with van der Waals surface area (Å²) in [6, 6.07) is 27.8. The summed E-state index contributed by atoms with van der Waals surface area (Å²) in [5.74, 6) is -0.433. The largest absolute Gasteiger partial charge is 0.497 e. The van der Waals surface area contributed by atoms with Crippen LogP contribution in [0.5, 0.6) is 5.75 Å². The van der Waals surface area contributed by atoms with Crippen LogP contribution < -0.4 is 14.4 Å². The van der Waals surface area contributed by atoms with Crippen molar-refractivity contribution in [3.63, 3.8) is 0 Å². The summed E-state index contributed by atoms with van der Waals surface area (Å²) in [6.45, 7) is 4.90. The van der Waals surface area contributed by atoms with Crippen molar-refractivity contribution in [2.45, 2.75) is 50.2 Å². The van der Waals surface area contributed by atoms with Crippen molar-refractivity contribution in [2.75, 3.05) is 18.0 Å². The number of carbonyl (C=O) groups excluding carboxylic acids is 2.